The summed E-state index contributed by atoms with van der Waals surface area (Å²) in [6, 6.07) is 64.0. The van der Waals surface area contributed by atoms with Gasteiger partial charge in [-0.1, -0.05) is 159 Å². The van der Waals surface area contributed by atoms with Gasteiger partial charge in [0.1, 0.15) is 0 Å². The van der Waals surface area contributed by atoms with Gasteiger partial charge in [-0.25, -0.2) is 9.97 Å². The molecule has 56 heavy (non-hydrogen) atoms. The van der Waals surface area contributed by atoms with Crippen molar-refractivity contribution in [3.05, 3.63) is 187 Å². The number of nitrogens with zero attached hydrogens (tertiary/aromatic N) is 3. The summed E-state index contributed by atoms with van der Waals surface area (Å²) in [6.07, 6.45) is 0. The summed E-state index contributed by atoms with van der Waals surface area (Å²) < 4.78 is 2.34. The van der Waals surface area contributed by atoms with E-state index in [1.54, 1.807) is 0 Å². The first kappa shape index (κ1) is 31.3. The highest BCUT2D eigenvalue weighted by atomic mass is 15.2. The van der Waals surface area contributed by atoms with Crippen LogP contribution in [0, 0.1) is 0 Å². The number of benzene rings is 9. The van der Waals surface area contributed by atoms with Crippen LogP contribution in [-0.2, 0) is 5.41 Å². The van der Waals surface area contributed by atoms with Crippen LogP contribution in [0.4, 0.5) is 0 Å². The van der Waals surface area contributed by atoms with Gasteiger partial charge in [-0.3, -0.25) is 4.57 Å². The summed E-state index contributed by atoms with van der Waals surface area (Å²) in [5, 5.41) is 11.0. The Kier molecular flexibility index (Phi) is 6.40. The zero-order valence-corrected chi connectivity index (χ0v) is 31.1. The van der Waals surface area contributed by atoms with E-state index >= 15 is 0 Å². The normalized spacial score (nSPS) is 13.3. The second-order valence-corrected chi connectivity index (χ2v) is 15.8. The minimum absolute atomic E-state index is 0.158. The molecule has 1 aliphatic carbocycles. The fourth-order valence-electron chi connectivity index (χ4n) is 9.66. The lowest BCUT2D eigenvalue weighted by Gasteiger charge is -2.21. The Hall–Kier alpha value is -7.10. The molecular weight excluding hydrogens is 679 g/mol. The second-order valence-electron chi connectivity index (χ2n) is 15.8. The van der Waals surface area contributed by atoms with Crippen molar-refractivity contribution in [1.82, 2.24) is 14.5 Å². The van der Waals surface area contributed by atoms with Crippen molar-refractivity contribution in [2.24, 2.45) is 0 Å². The van der Waals surface area contributed by atoms with Crippen molar-refractivity contribution >= 4 is 65.0 Å². The van der Waals surface area contributed by atoms with E-state index < -0.39 is 0 Å². The van der Waals surface area contributed by atoms with Crippen molar-refractivity contribution in [2.45, 2.75) is 19.3 Å². The first-order valence-electron chi connectivity index (χ1n) is 19.4. The second kappa shape index (κ2) is 11.5. The van der Waals surface area contributed by atoms with Crippen LogP contribution < -0.4 is 0 Å². The number of fused-ring (bicyclic) bond motifs is 13. The largest absolute Gasteiger partial charge is 0.278 e. The summed E-state index contributed by atoms with van der Waals surface area (Å²) >= 11 is 0. The Bertz CT molecular complexity index is 3430. The summed E-state index contributed by atoms with van der Waals surface area (Å²) in [5.41, 5.74) is 12.6. The maximum atomic E-state index is 5.53. The van der Waals surface area contributed by atoms with Crippen LogP contribution in [0.15, 0.2) is 176 Å². The predicted molar refractivity (Wildman–Crippen MR) is 235 cm³/mol. The van der Waals surface area contributed by atoms with E-state index in [1.807, 2.05) is 0 Å². The molecule has 0 radical (unpaired) electrons. The van der Waals surface area contributed by atoms with Crippen molar-refractivity contribution < 1.29 is 0 Å². The van der Waals surface area contributed by atoms with Crippen molar-refractivity contribution in [3.63, 3.8) is 0 Å². The molecule has 262 valence electrons. The SMILES string of the molecule is CC1(C)c2ccccc2-c2cc3c4cc5c6ccccc6c6ccccc6c5cc4n(-c4nc(-c5ccc(-c6ccccc6)cc5)c5ccccc5n4)c3cc21. The predicted octanol–water partition coefficient (Wildman–Crippen LogP) is 13.8. The summed E-state index contributed by atoms with van der Waals surface area (Å²) in [5.74, 6) is 0.670. The lowest BCUT2D eigenvalue weighted by molar-refractivity contribution is 0.661. The lowest BCUT2D eigenvalue weighted by Crippen LogP contribution is -2.15. The van der Waals surface area contributed by atoms with Gasteiger partial charge in [0.05, 0.1) is 22.2 Å². The fourth-order valence-corrected chi connectivity index (χ4v) is 9.66. The molecule has 0 bridgehead atoms. The van der Waals surface area contributed by atoms with E-state index in [-0.39, 0.29) is 5.41 Å². The summed E-state index contributed by atoms with van der Waals surface area (Å²) in [6.45, 7) is 4.71. The maximum Gasteiger partial charge on any atom is 0.235 e. The Labute approximate surface area is 324 Å². The third-order valence-corrected chi connectivity index (χ3v) is 12.4. The quantitative estimate of drug-likeness (QED) is 0.171. The maximum absolute atomic E-state index is 5.53. The topological polar surface area (TPSA) is 30.7 Å². The molecule has 12 rings (SSSR count). The lowest BCUT2D eigenvalue weighted by atomic mass is 9.82. The van der Waals surface area contributed by atoms with E-state index in [0.29, 0.717) is 5.95 Å². The average Bonchev–Trinajstić information content (AvgIpc) is 3.69. The van der Waals surface area contributed by atoms with E-state index in [0.717, 1.165) is 33.2 Å². The van der Waals surface area contributed by atoms with Gasteiger partial charge in [0.25, 0.3) is 0 Å². The average molecular weight is 714 g/mol. The molecule has 2 heterocycles. The van der Waals surface area contributed by atoms with E-state index in [4.69, 9.17) is 9.97 Å². The van der Waals surface area contributed by atoms with Crippen LogP contribution in [0.1, 0.15) is 25.0 Å². The summed E-state index contributed by atoms with van der Waals surface area (Å²) in [4.78, 5) is 10.9. The van der Waals surface area contributed by atoms with Crippen LogP contribution in [0.25, 0.3) is 104 Å². The van der Waals surface area contributed by atoms with Gasteiger partial charge in [-0.15, -0.1) is 0 Å². The zero-order valence-electron chi connectivity index (χ0n) is 31.1. The molecule has 0 atom stereocenters. The van der Waals surface area contributed by atoms with Crippen molar-refractivity contribution in [2.75, 3.05) is 0 Å². The molecule has 0 saturated heterocycles. The molecule has 0 unspecified atom stereocenters. The van der Waals surface area contributed by atoms with E-state index in [1.165, 1.54) is 76.5 Å². The minimum Gasteiger partial charge on any atom is -0.278 e. The molecule has 3 heteroatoms. The molecule has 3 nitrogen and oxygen atoms in total. The fraction of sp³-hybridized carbons (Fsp3) is 0.0566. The zero-order chi connectivity index (χ0) is 37.1. The molecular formula is C53H35N3. The summed E-state index contributed by atoms with van der Waals surface area (Å²) in [7, 11) is 0. The van der Waals surface area contributed by atoms with Crippen LogP contribution in [0.5, 0.6) is 0 Å². The standard InChI is InChI=1S/C53H35N3/c1-53(2)46-22-12-10-20-39(46)43-29-45-44-28-41-37-18-8-6-16-35(37)36-17-7-9-19-38(36)42(41)30-49(44)56(50(45)31-47(43)53)52-54-48-23-13-11-21-40(48)51(55-52)34-26-24-33(25-27-34)32-14-4-3-5-15-32/h3-31H,1-2H3. The Morgan fingerprint density at radius 1 is 0.375 bits per heavy atom. The number of rotatable bonds is 3. The highest BCUT2D eigenvalue weighted by Gasteiger charge is 2.36. The van der Waals surface area contributed by atoms with Crippen LogP contribution in [0.2, 0.25) is 0 Å². The van der Waals surface area contributed by atoms with Gasteiger partial charge in [-0.05, 0) is 96.0 Å². The van der Waals surface area contributed by atoms with Gasteiger partial charge in [0.2, 0.25) is 5.95 Å². The third-order valence-electron chi connectivity index (χ3n) is 12.4. The molecule has 11 aromatic rings. The van der Waals surface area contributed by atoms with Crippen LogP contribution in [-0.4, -0.2) is 14.5 Å². The Morgan fingerprint density at radius 3 is 1.64 bits per heavy atom. The van der Waals surface area contributed by atoms with Gasteiger partial charge in [-0.2, -0.15) is 0 Å². The molecule has 2 aromatic heterocycles. The Balaban J connectivity index is 1.20. The van der Waals surface area contributed by atoms with E-state index in [2.05, 4.69) is 194 Å². The molecule has 0 N–H and O–H groups in total. The molecule has 0 amide bonds. The molecule has 0 fully saturated rings. The van der Waals surface area contributed by atoms with Gasteiger partial charge in [0, 0.05) is 27.1 Å². The van der Waals surface area contributed by atoms with Crippen molar-refractivity contribution in [3.8, 4) is 39.5 Å². The highest BCUT2D eigenvalue weighted by molar-refractivity contribution is 6.29. The number of para-hydroxylation sites is 1. The third kappa shape index (κ3) is 4.34. The van der Waals surface area contributed by atoms with E-state index in [9.17, 15) is 0 Å². The van der Waals surface area contributed by atoms with Crippen LogP contribution in [0.3, 0.4) is 0 Å². The first-order valence-corrected chi connectivity index (χ1v) is 19.4. The number of hydrogen-bond donors (Lipinski definition) is 0. The molecule has 0 spiro atoms. The number of hydrogen-bond acceptors (Lipinski definition) is 2. The molecule has 0 saturated carbocycles. The smallest absolute Gasteiger partial charge is 0.235 e. The number of aromatic nitrogens is 3. The Morgan fingerprint density at radius 2 is 0.911 bits per heavy atom. The van der Waals surface area contributed by atoms with Crippen LogP contribution >= 0.6 is 0 Å². The molecule has 1 aliphatic rings. The first-order chi connectivity index (χ1) is 27.5. The van der Waals surface area contributed by atoms with Gasteiger partial charge >= 0.3 is 0 Å². The van der Waals surface area contributed by atoms with Gasteiger partial charge < -0.3 is 0 Å². The highest BCUT2D eigenvalue weighted by Crippen LogP contribution is 2.51. The minimum atomic E-state index is -0.158. The molecule has 0 aliphatic heterocycles. The monoisotopic (exact) mass is 713 g/mol. The van der Waals surface area contributed by atoms with Crippen molar-refractivity contribution in [1.29, 1.82) is 0 Å². The molecule has 9 aromatic carbocycles. The van der Waals surface area contributed by atoms with Gasteiger partial charge in [0.15, 0.2) is 0 Å².